The predicted octanol–water partition coefficient (Wildman–Crippen LogP) is 3.01. The lowest BCUT2D eigenvalue weighted by Gasteiger charge is -2.11. The molecule has 21 heavy (non-hydrogen) atoms. The van der Waals surface area contributed by atoms with E-state index < -0.39 is 0 Å². The molecule has 0 fully saturated rings. The Morgan fingerprint density at radius 1 is 1.14 bits per heavy atom. The molecule has 0 saturated carbocycles. The van der Waals surface area contributed by atoms with E-state index in [1.54, 1.807) is 6.20 Å². The van der Waals surface area contributed by atoms with Crippen LogP contribution in [-0.4, -0.2) is 14.8 Å². The highest BCUT2D eigenvalue weighted by Crippen LogP contribution is 2.25. The Kier molecular flexibility index (Phi) is 3.54. The van der Waals surface area contributed by atoms with E-state index in [1.807, 2.05) is 29.1 Å². The van der Waals surface area contributed by atoms with E-state index in [0.29, 0.717) is 6.54 Å². The first kappa shape index (κ1) is 13.5. The molecule has 3 rings (SSSR count). The predicted molar refractivity (Wildman–Crippen MR) is 84.2 cm³/mol. The monoisotopic (exact) mass is 278 g/mol. The summed E-state index contributed by atoms with van der Waals surface area (Å²) in [6, 6.07) is 12.3. The van der Waals surface area contributed by atoms with Gasteiger partial charge in [0.15, 0.2) is 0 Å². The molecule has 0 aliphatic heterocycles. The fourth-order valence-electron chi connectivity index (χ4n) is 2.38. The minimum atomic E-state index is 0.422. The summed E-state index contributed by atoms with van der Waals surface area (Å²) in [6.07, 6.45) is 3.62. The largest absolute Gasteiger partial charge is 0.325 e. The molecule has 3 aromatic rings. The zero-order valence-electron chi connectivity index (χ0n) is 12.2. The summed E-state index contributed by atoms with van der Waals surface area (Å²) >= 11 is 0. The van der Waals surface area contributed by atoms with E-state index >= 15 is 0 Å². The molecule has 1 aromatic carbocycles. The number of nitrogens with two attached hydrogens (primary N) is 1. The molecule has 0 spiro atoms. The fourth-order valence-corrected chi connectivity index (χ4v) is 2.38. The summed E-state index contributed by atoms with van der Waals surface area (Å²) in [4.78, 5) is 4.20. The van der Waals surface area contributed by atoms with E-state index in [1.165, 1.54) is 11.1 Å². The first-order valence-electron chi connectivity index (χ1n) is 6.96. The topological polar surface area (TPSA) is 56.7 Å². The number of nitrogens with zero attached hydrogens (tertiary/aromatic N) is 3. The first-order valence-corrected chi connectivity index (χ1v) is 6.96. The number of rotatable bonds is 3. The van der Waals surface area contributed by atoms with Crippen LogP contribution in [-0.2, 0) is 6.54 Å². The van der Waals surface area contributed by atoms with Crippen LogP contribution in [0.1, 0.15) is 16.8 Å². The molecular formula is C17H18N4. The summed E-state index contributed by atoms with van der Waals surface area (Å²) in [6.45, 7) is 4.59. The van der Waals surface area contributed by atoms with Gasteiger partial charge in [-0.1, -0.05) is 12.1 Å². The van der Waals surface area contributed by atoms with E-state index in [-0.39, 0.29) is 0 Å². The van der Waals surface area contributed by atoms with Crippen molar-refractivity contribution in [2.75, 3.05) is 0 Å². The first-order chi connectivity index (χ1) is 10.2. The number of hydrogen-bond donors (Lipinski definition) is 1. The molecular weight excluding hydrogens is 260 g/mol. The number of benzene rings is 1. The Labute approximate surface area is 124 Å². The summed E-state index contributed by atoms with van der Waals surface area (Å²) in [5.74, 6) is 0. The van der Waals surface area contributed by atoms with Crippen molar-refractivity contribution in [3.63, 3.8) is 0 Å². The smallest absolute Gasteiger partial charge is 0.0771 e. The molecule has 0 aliphatic carbocycles. The van der Waals surface area contributed by atoms with Crippen molar-refractivity contribution in [3.05, 3.63) is 65.6 Å². The van der Waals surface area contributed by atoms with Crippen LogP contribution in [0.25, 0.3) is 16.9 Å². The van der Waals surface area contributed by atoms with Gasteiger partial charge in [-0.2, -0.15) is 5.10 Å². The second-order valence-electron chi connectivity index (χ2n) is 5.17. The molecule has 0 bridgehead atoms. The minimum absolute atomic E-state index is 0.422. The van der Waals surface area contributed by atoms with Crippen molar-refractivity contribution in [2.24, 2.45) is 5.73 Å². The highest BCUT2D eigenvalue weighted by atomic mass is 15.3. The van der Waals surface area contributed by atoms with Crippen LogP contribution in [0.15, 0.2) is 48.8 Å². The molecule has 0 amide bonds. The molecule has 0 saturated heterocycles. The third-order valence-electron chi connectivity index (χ3n) is 3.52. The second kappa shape index (κ2) is 5.50. The Balaban J connectivity index is 2.22. The van der Waals surface area contributed by atoms with Gasteiger partial charge in [0.2, 0.25) is 0 Å². The lowest BCUT2D eigenvalue weighted by Crippen LogP contribution is -2.04. The van der Waals surface area contributed by atoms with Crippen molar-refractivity contribution in [3.8, 4) is 16.9 Å². The third-order valence-corrected chi connectivity index (χ3v) is 3.52. The summed E-state index contributed by atoms with van der Waals surface area (Å²) in [5, 5.41) is 4.64. The maximum atomic E-state index is 5.76. The van der Waals surface area contributed by atoms with E-state index in [4.69, 9.17) is 5.73 Å². The van der Waals surface area contributed by atoms with Crippen LogP contribution in [0.3, 0.4) is 0 Å². The molecule has 106 valence electrons. The number of aryl methyl sites for hydroxylation is 2. The van der Waals surface area contributed by atoms with Crippen molar-refractivity contribution < 1.29 is 0 Å². The minimum Gasteiger partial charge on any atom is -0.325 e. The number of aromatic nitrogens is 3. The fraction of sp³-hybridized carbons (Fsp3) is 0.176. The Hall–Kier alpha value is -2.46. The zero-order valence-corrected chi connectivity index (χ0v) is 12.2. The van der Waals surface area contributed by atoms with Crippen LogP contribution < -0.4 is 5.73 Å². The maximum absolute atomic E-state index is 5.76. The van der Waals surface area contributed by atoms with Gasteiger partial charge < -0.3 is 5.73 Å². The average Bonchev–Trinajstić information content (AvgIpc) is 2.95. The van der Waals surface area contributed by atoms with Gasteiger partial charge in [0.05, 0.1) is 17.1 Å². The van der Waals surface area contributed by atoms with Gasteiger partial charge in [-0.05, 0) is 49.2 Å². The molecule has 0 unspecified atom stereocenters. The van der Waals surface area contributed by atoms with E-state index in [2.05, 4.69) is 42.1 Å². The number of pyridine rings is 1. The molecule has 2 aromatic heterocycles. The Morgan fingerprint density at radius 3 is 2.71 bits per heavy atom. The van der Waals surface area contributed by atoms with Crippen LogP contribution >= 0.6 is 0 Å². The highest BCUT2D eigenvalue weighted by molar-refractivity contribution is 5.62. The van der Waals surface area contributed by atoms with Crippen LogP contribution in [0.5, 0.6) is 0 Å². The SMILES string of the molecule is Cc1ccc(C)c(-n2nc(CN)cc2-c2cccnc2)c1. The summed E-state index contributed by atoms with van der Waals surface area (Å²) in [7, 11) is 0. The molecule has 0 atom stereocenters. The Bertz CT molecular complexity index is 760. The summed E-state index contributed by atoms with van der Waals surface area (Å²) in [5.41, 5.74) is 12.1. The lowest BCUT2D eigenvalue weighted by molar-refractivity contribution is 0.832. The molecule has 4 heteroatoms. The quantitative estimate of drug-likeness (QED) is 0.801. The third kappa shape index (κ3) is 2.58. The van der Waals surface area contributed by atoms with Gasteiger partial charge in [0, 0.05) is 24.5 Å². The van der Waals surface area contributed by atoms with Crippen molar-refractivity contribution in [1.29, 1.82) is 0 Å². The second-order valence-corrected chi connectivity index (χ2v) is 5.17. The molecule has 0 radical (unpaired) electrons. The molecule has 4 nitrogen and oxygen atoms in total. The van der Waals surface area contributed by atoms with Crippen LogP contribution in [0, 0.1) is 13.8 Å². The highest BCUT2D eigenvalue weighted by Gasteiger charge is 2.13. The maximum Gasteiger partial charge on any atom is 0.0771 e. The number of hydrogen-bond acceptors (Lipinski definition) is 3. The zero-order chi connectivity index (χ0) is 14.8. The lowest BCUT2D eigenvalue weighted by atomic mass is 10.1. The van der Waals surface area contributed by atoms with Gasteiger partial charge in [-0.25, -0.2) is 4.68 Å². The normalized spacial score (nSPS) is 10.8. The van der Waals surface area contributed by atoms with Gasteiger partial charge >= 0.3 is 0 Å². The van der Waals surface area contributed by atoms with Crippen molar-refractivity contribution in [2.45, 2.75) is 20.4 Å². The van der Waals surface area contributed by atoms with Gasteiger partial charge in [0.1, 0.15) is 0 Å². The van der Waals surface area contributed by atoms with E-state index in [0.717, 1.165) is 22.6 Å². The average molecular weight is 278 g/mol. The van der Waals surface area contributed by atoms with Gasteiger partial charge in [0.25, 0.3) is 0 Å². The van der Waals surface area contributed by atoms with Crippen LogP contribution in [0.2, 0.25) is 0 Å². The standard InChI is InChI=1S/C17H18N4/c1-12-5-6-13(2)16(8-12)21-17(9-15(10-18)20-21)14-4-3-7-19-11-14/h3-9,11H,10,18H2,1-2H3. The van der Waals surface area contributed by atoms with Crippen molar-refractivity contribution in [1.82, 2.24) is 14.8 Å². The van der Waals surface area contributed by atoms with E-state index in [9.17, 15) is 0 Å². The van der Waals surface area contributed by atoms with Crippen LogP contribution in [0.4, 0.5) is 0 Å². The Morgan fingerprint density at radius 2 is 2.00 bits per heavy atom. The van der Waals surface area contributed by atoms with Gasteiger partial charge in [-0.15, -0.1) is 0 Å². The molecule has 2 N–H and O–H groups in total. The molecule has 0 aliphatic rings. The summed E-state index contributed by atoms with van der Waals surface area (Å²) < 4.78 is 1.96. The molecule has 2 heterocycles. The van der Waals surface area contributed by atoms with Gasteiger partial charge in [-0.3, -0.25) is 4.98 Å². The van der Waals surface area contributed by atoms with Crippen molar-refractivity contribution >= 4 is 0 Å².